The summed E-state index contributed by atoms with van der Waals surface area (Å²) in [6, 6.07) is 8.10. The van der Waals surface area contributed by atoms with Crippen LogP contribution >= 0.6 is 0 Å². The van der Waals surface area contributed by atoms with Gasteiger partial charge in [0.05, 0.1) is 22.8 Å². The van der Waals surface area contributed by atoms with Gasteiger partial charge in [-0.2, -0.15) is 15.4 Å². The second-order valence-corrected chi connectivity index (χ2v) is 5.25. The summed E-state index contributed by atoms with van der Waals surface area (Å²) < 4.78 is 27.3. The number of rotatable bonds is 3. The molecule has 3 N–H and O–H groups in total. The number of aromatic amines is 2. The molecule has 9 heteroatoms. The molecule has 0 atom stereocenters. The molecule has 4 rings (SSSR count). The van der Waals surface area contributed by atoms with Crippen molar-refractivity contribution >= 4 is 22.6 Å². The third-order valence-electron chi connectivity index (χ3n) is 3.57. The van der Waals surface area contributed by atoms with Gasteiger partial charge in [0, 0.05) is 5.69 Å². The molecule has 0 saturated carbocycles. The van der Waals surface area contributed by atoms with Gasteiger partial charge in [-0.15, -0.1) is 0 Å². The minimum Gasteiger partial charge on any atom is -0.338 e. The number of fused-ring (bicyclic) bond motifs is 1. The standard InChI is InChI=1S/C16H10F2N6O/c17-8-1-3-11(18)10(5-8)15-21-12-4-2-9(6-13(12)22-15)20-16(25)14-7-19-24-23-14/h1-7H,(H,20,25)(H,21,22)(H,19,23,24). The monoisotopic (exact) mass is 340 g/mol. The molecule has 2 aromatic heterocycles. The molecule has 1 amide bonds. The zero-order chi connectivity index (χ0) is 17.4. The van der Waals surface area contributed by atoms with E-state index in [-0.39, 0.29) is 17.1 Å². The lowest BCUT2D eigenvalue weighted by atomic mass is 10.2. The highest BCUT2D eigenvalue weighted by Crippen LogP contribution is 2.25. The molecule has 2 heterocycles. The van der Waals surface area contributed by atoms with E-state index in [2.05, 4.69) is 30.7 Å². The molecule has 124 valence electrons. The highest BCUT2D eigenvalue weighted by atomic mass is 19.1. The van der Waals surface area contributed by atoms with Gasteiger partial charge >= 0.3 is 0 Å². The Morgan fingerprint density at radius 2 is 2.00 bits per heavy atom. The lowest BCUT2D eigenvalue weighted by Crippen LogP contribution is -2.12. The van der Waals surface area contributed by atoms with E-state index in [9.17, 15) is 13.6 Å². The van der Waals surface area contributed by atoms with Crippen LogP contribution in [0.3, 0.4) is 0 Å². The number of carbonyl (C=O) groups excluding carboxylic acids is 1. The van der Waals surface area contributed by atoms with Crippen molar-refractivity contribution in [2.24, 2.45) is 0 Å². The van der Waals surface area contributed by atoms with Crippen LogP contribution in [0.5, 0.6) is 0 Å². The molecule has 0 aliphatic carbocycles. The minimum atomic E-state index is -0.583. The molecule has 0 unspecified atom stereocenters. The zero-order valence-corrected chi connectivity index (χ0v) is 12.5. The van der Waals surface area contributed by atoms with Crippen molar-refractivity contribution in [3.05, 3.63) is 59.9 Å². The predicted octanol–water partition coefficient (Wildman–Crippen LogP) is 2.88. The SMILES string of the molecule is O=C(Nc1ccc2nc(-c3cc(F)ccc3F)[nH]c2c1)c1cn[nH]n1. The lowest BCUT2D eigenvalue weighted by molar-refractivity contribution is 0.102. The first-order valence-corrected chi connectivity index (χ1v) is 7.22. The van der Waals surface area contributed by atoms with Gasteiger partial charge in [-0.05, 0) is 36.4 Å². The van der Waals surface area contributed by atoms with Crippen molar-refractivity contribution in [2.75, 3.05) is 5.32 Å². The molecule has 0 bridgehead atoms. The summed E-state index contributed by atoms with van der Waals surface area (Å²) in [7, 11) is 0. The number of hydrogen-bond donors (Lipinski definition) is 3. The second-order valence-electron chi connectivity index (χ2n) is 5.25. The summed E-state index contributed by atoms with van der Waals surface area (Å²) in [4.78, 5) is 19.1. The smallest absolute Gasteiger partial charge is 0.277 e. The quantitative estimate of drug-likeness (QED) is 0.534. The number of amides is 1. The molecule has 7 nitrogen and oxygen atoms in total. The van der Waals surface area contributed by atoms with Crippen LogP contribution in [-0.4, -0.2) is 31.3 Å². The van der Waals surface area contributed by atoms with Crippen LogP contribution in [0, 0.1) is 11.6 Å². The number of benzene rings is 2. The van der Waals surface area contributed by atoms with Crippen molar-refractivity contribution < 1.29 is 13.6 Å². The van der Waals surface area contributed by atoms with E-state index in [0.717, 1.165) is 18.2 Å². The van der Waals surface area contributed by atoms with Gasteiger partial charge in [-0.25, -0.2) is 13.8 Å². The molecule has 0 spiro atoms. The molecule has 25 heavy (non-hydrogen) atoms. The Bertz CT molecular complexity index is 1070. The number of aromatic nitrogens is 5. The number of hydrogen-bond acceptors (Lipinski definition) is 4. The van der Waals surface area contributed by atoms with Crippen molar-refractivity contribution in [3.8, 4) is 11.4 Å². The number of anilines is 1. The fourth-order valence-electron chi connectivity index (χ4n) is 2.40. The van der Waals surface area contributed by atoms with Crippen LogP contribution in [0.15, 0.2) is 42.6 Å². The molecular weight excluding hydrogens is 330 g/mol. The molecule has 0 aliphatic rings. The van der Waals surface area contributed by atoms with Crippen LogP contribution in [-0.2, 0) is 0 Å². The fraction of sp³-hybridized carbons (Fsp3) is 0. The number of halogens is 2. The van der Waals surface area contributed by atoms with Crippen LogP contribution < -0.4 is 5.32 Å². The number of nitrogens with zero attached hydrogens (tertiary/aromatic N) is 3. The Morgan fingerprint density at radius 1 is 1.12 bits per heavy atom. The molecule has 4 aromatic rings. The highest BCUT2D eigenvalue weighted by molar-refractivity contribution is 6.03. The van der Waals surface area contributed by atoms with E-state index >= 15 is 0 Å². The summed E-state index contributed by atoms with van der Waals surface area (Å²) in [5.74, 6) is -1.37. The highest BCUT2D eigenvalue weighted by Gasteiger charge is 2.13. The summed E-state index contributed by atoms with van der Waals surface area (Å²) in [5.41, 5.74) is 1.79. The maximum absolute atomic E-state index is 13.9. The third-order valence-corrected chi connectivity index (χ3v) is 3.57. The third kappa shape index (κ3) is 2.82. The molecule has 0 radical (unpaired) electrons. The Labute approximate surface area is 139 Å². The average molecular weight is 340 g/mol. The Hall–Kier alpha value is -3.62. The summed E-state index contributed by atoms with van der Waals surface area (Å²) in [6.45, 7) is 0. The molecular formula is C16H10F2N6O. The predicted molar refractivity (Wildman–Crippen MR) is 85.8 cm³/mol. The Morgan fingerprint density at radius 3 is 2.80 bits per heavy atom. The Balaban J connectivity index is 1.68. The normalized spacial score (nSPS) is 11.0. The maximum Gasteiger partial charge on any atom is 0.277 e. The van der Waals surface area contributed by atoms with E-state index in [4.69, 9.17) is 0 Å². The molecule has 0 aliphatic heterocycles. The van der Waals surface area contributed by atoms with Gasteiger partial charge < -0.3 is 10.3 Å². The van der Waals surface area contributed by atoms with Crippen molar-refractivity contribution in [2.45, 2.75) is 0 Å². The van der Waals surface area contributed by atoms with Crippen molar-refractivity contribution in [3.63, 3.8) is 0 Å². The van der Waals surface area contributed by atoms with E-state index in [1.807, 2.05) is 0 Å². The summed E-state index contributed by atoms with van der Waals surface area (Å²) in [5, 5.41) is 12.3. The van der Waals surface area contributed by atoms with E-state index in [1.54, 1.807) is 18.2 Å². The van der Waals surface area contributed by atoms with Gasteiger partial charge in [-0.3, -0.25) is 4.79 Å². The van der Waals surface area contributed by atoms with Gasteiger partial charge in [0.15, 0.2) is 5.69 Å². The molecule has 0 fully saturated rings. The van der Waals surface area contributed by atoms with Crippen LogP contribution in [0.1, 0.15) is 10.5 Å². The van der Waals surface area contributed by atoms with E-state index in [0.29, 0.717) is 16.7 Å². The molecule has 2 aromatic carbocycles. The van der Waals surface area contributed by atoms with E-state index < -0.39 is 17.5 Å². The fourth-order valence-corrected chi connectivity index (χ4v) is 2.40. The van der Waals surface area contributed by atoms with Gasteiger partial charge in [-0.1, -0.05) is 0 Å². The van der Waals surface area contributed by atoms with Crippen molar-refractivity contribution in [1.29, 1.82) is 0 Å². The first-order valence-electron chi connectivity index (χ1n) is 7.22. The number of imidazole rings is 1. The van der Waals surface area contributed by atoms with Crippen LogP contribution in [0.4, 0.5) is 14.5 Å². The zero-order valence-electron chi connectivity index (χ0n) is 12.5. The van der Waals surface area contributed by atoms with E-state index in [1.165, 1.54) is 6.20 Å². The first kappa shape index (κ1) is 14.9. The largest absolute Gasteiger partial charge is 0.338 e. The van der Waals surface area contributed by atoms with Crippen molar-refractivity contribution in [1.82, 2.24) is 25.4 Å². The van der Waals surface area contributed by atoms with Gasteiger partial charge in [0.2, 0.25) is 0 Å². The number of nitrogens with one attached hydrogen (secondary N) is 3. The Kier molecular flexibility index (Phi) is 3.46. The summed E-state index contributed by atoms with van der Waals surface area (Å²) >= 11 is 0. The molecule has 0 saturated heterocycles. The number of H-pyrrole nitrogens is 2. The number of carbonyl (C=O) groups is 1. The minimum absolute atomic E-state index is 0.0318. The first-order chi connectivity index (χ1) is 12.1. The van der Waals surface area contributed by atoms with Gasteiger partial charge in [0.1, 0.15) is 17.5 Å². The topological polar surface area (TPSA) is 99.4 Å². The maximum atomic E-state index is 13.9. The lowest BCUT2D eigenvalue weighted by Gasteiger charge is -2.02. The van der Waals surface area contributed by atoms with Gasteiger partial charge in [0.25, 0.3) is 5.91 Å². The average Bonchev–Trinajstić information content (AvgIpc) is 3.26. The second kappa shape index (κ2) is 5.78. The van der Waals surface area contributed by atoms with Crippen LogP contribution in [0.2, 0.25) is 0 Å². The van der Waals surface area contributed by atoms with Crippen LogP contribution in [0.25, 0.3) is 22.4 Å². The summed E-state index contributed by atoms with van der Waals surface area (Å²) in [6.07, 6.45) is 1.30.